The largest absolute Gasteiger partial charge is 0.507 e. The molecular formula is C30H37N11O3. The number of piperidine rings is 2. The molecule has 3 aromatic carbocycles. The molecule has 44 heavy (non-hydrogen) atoms. The molecule has 14 heteroatoms. The highest BCUT2D eigenvalue weighted by molar-refractivity contribution is 6.15. The molecule has 2 aliphatic heterocycles. The molecule has 1 aromatic heterocycles. The summed E-state index contributed by atoms with van der Waals surface area (Å²) in [5.74, 6) is 0.156. The van der Waals surface area contributed by atoms with E-state index in [2.05, 4.69) is 20.6 Å². The summed E-state index contributed by atoms with van der Waals surface area (Å²) in [6.45, 7) is 2.15. The van der Waals surface area contributed by atoms with Crippen LogP contribution in [0.1, 0.15) is 23.2 Å². The first kappa shape index (κ1) is 29.3. The maximum Gasteiger partial charge on any atom is 0.260 e. The lowest BCUT2D eigenvalue weighted by Crippen LogP contribution is -2.54. The summed E-state index contributed by atoms with van der Waals surface area (Å²) < 4.78 is 0. The molecule has 4 atom stereocenters. The minimum absolute atomic E-state index is 0.115. The van der Waals surface area contributed by atoms with Crippen LogP contribution in [0.3, 0.4) is 0 Å². The van der Waals surface area contributed by atoms with Gasteiger partial charge in [-0.25, -0.2) is 0 Å². The van der Waals surface area contributed by atoms with Gasteiger partial charge in [-0.05, 0) is 41.8 Å². The van der Waals surface area contributed by atoms with Gasteiger partial charge in [-0.1, -0.05) is 30.3 Å². The number of carbonyl (C=O) groups excluding carboxylic acids is 1. The van der Waals surface area contributed by atoms with Crippen LogP contribution in [-0.2, 0) is 0 Å². The van der Waals surface area contributed by atoms with Gasteiger partial charge in [0.05, 0.1) is 11.3 Å². The standard InChI is InChI=1S/C30H37N11O3/c31-17-9-18(32)13-40(12-17)29-37-28(38-30(39-29)41-14-19(33)10-20(34)15-41)35-21-6-7-23(25(43)11-21)36-27(44)26-22-4-2-1-3-16(22)5-8-24(26)42/h1-8,11,17-20,42-43H,9-10,12-15,31-34H2,(H,36,44)(H,35,37,38,39)/t17-,18+,19-,20+. The van der Waals surface area contributed by atoms with Gasteiger partial charge in [0.1, 0.15) is 11.5 Å². The van der Waals surface area contributed by atoms with Gasteiger partial charge in [0, 0.05) is 62.1 Å². The number of amides is 1. The van der Waals surface area contributed by atoms with Crippen molar-refractivity contribution in [2.45, 2.75) is 37.0 Å². The van der Waals surface area contributed by atoms with Crippen molar-refractivity contribution in [1.29, 1.82) is 0 Å². The summed E-state index contributed by atoms with van der Waals surface area (Å²) in [6, 6.07) is 14.6. The zero-order chi connectivity index (χ0) is 31.0. The van der Waals surface area contributed by atoms with Crippen LogP contribution < -0.4 is 43.4 Å². The fourth-order valence-electron chi connectivity index (χ4n) is 5.90. The van der Waals surface area contributed by atoms with E-state index < -0.39 is 5.91 Å². The highest BCUT2D eigenvalue weighted by atomic mass is 16.3. The molecule has 4 aromatic rings. The quantitative estimate of drug-likeness (QED) is 0.146. The van der Waals surface area contributed by atoms with Crippen molar-refractivity contribution in [2.24, 2.45) is 22.9 Å². The number of hydrogen-bond acceptors (Lipinski definition) is 13. The number of carbonyl (C=O) groups is 1. The summed E-state index contributed by atoms with van der Waals surface area (Å²) in [6.07, 6.45) is 1.41. The number of nitrogens with zero attached hydrogens (tertiary/aromatic N) is 5. The Bertz CT molecular complexity index is 1620. The number of anilines is 5. The zero-order valence-electron chi connectivity index (χ0n) is 24.1. The minimum atomic E-state index is -0.557. The fraction of sp³-hybridized carbons (Fsp3) is 0.333. The van der Waals surface area contributed by atoms with Crippen molar-refractivity contribution in [3.8, 4) is 11.5 Å². The monoisotopic (exact) mass is 599 g/mol. The number of nitrogens with two attached hydrogens (primary N) is 4. The van der Waals surface area contributed by atoms with Gasteiger partial charge in [-0.3, -0.25) is 4.79 Å². The number of nitrogens with one attached hydrogen (secondary N) is 2. The molecule has 2 saturated heterocycles. The third-order valence-electron chi connectivity index (χ3n) is 7.84. The number of hydrogen-bond donors (Lipinski definition) is 8. The number of phenolic OH excluding ortho intramolecular Hbond substituents is 2. The summed E-state index contributed by atoms with van der Waals surface area (Å²) in [5, 5.41) is 28.5. The van der Waals surface area contributed by atoms with E-state index in [9.17, 15) is 15.0 Å². The molecule has 6 rings (SSSR count). The number of fused-ring (bicyclic) bond motifs is 1. The van der Waals surface area contributed by atoms with Crippen molar-refractivity contribution in [3.63, 3.8) is 0 Å². The molecule has 14 nitrogen and oxygen atoms in total. The summed E-state index contributed by atoms with van der Waals surface area (Å²) in [4.78, 5) is 31.1. The van der Waals surface area contributed by atoms with E-state index in [1.807, 2.05) is 21.9 Å². The second-order valence-electron chi connectivity index (χ2n) is 11.6. The molecule has 0 spiro atoms. The second-order valence-corrected chi connectivity index (χ2v) is 11.6. The van der Waals surface area contributed by atoms with E-state index in [0.717, 1.165) is 5.39 Å². The predicted molar refractivity (Wildman–Crippen MR) is 170 cm³/mol. The number of phenols is 2. The Labute approximate surface area is 254 Å². The van der Waals surface area contributed by atoms with E-state index in [4.69, 9.17) is 27.9 Å². The Kier molecular flexibility index (Phi) is 8.05. The van der Waals surface area contributed by atoms with E-state index in [0.29, 0.717) is 62.0 Å². The third-order valence-corrected chi connectivity index (χ3v) is 7.84. The molecular weight excluding hydrogens is 562 g/mol. The Hall–Kier alpha value is -4.76. The Morgan fingerprint density at radius 2 is 1.34 bits per heavy atom. The number of aromatic hydroxyl groups is 2. The van der Waals surface area contributed by atoms with Crippen molar-refractivity contribution in [3.05, 3.63) is 60.2 Å². The summed E-state index contributed by atoms with van der Waals surface area (Å²) in [5.41, 5.74) is 25.7. The molecule has 2 aliphatic rings. The van der Waals surface area contributed by atoms with Crippen molar-refractivity contribution in [1.82, 2.24) is 15.0 Å². The first-order chi connectivity index (χ1) is 21.1. The smallest absolute Gasteiger partial charge is 0.260 e. The Morgan fingerprint density at radius 3 is 1.93 bits per heavy atom. The first-order valence-corrected chi connectivity index (χ1v) is 14.5. The van der Waals surface area contributed by atoms with Gasteiger partial charge >= 0.3 is 0 Å². The average Bonchev–Trinajstić information content (AvgIpc) is 2.97. The van der Waals surface area contributed by atoms with Gasteiger partial charge in [0.2, 0.25) is 17.8 Å². The number of aromatic nitrogens is 3. The lowest BCUT2D eigenvalue weighted by molar-refractivity contribution is 0.102. The van der Waals surface area contributed by atoms with Gasteiger partial charge < -0.3 is 53.6 Å². The van der Waals surface area contributed by atoms with Gasteiger partial charge in [-0.2, -0.15) is 15.0 Å². The molecule has 0 bridgehead atoms. The molecule has 0 saturated carbocycles. The Balaban J connectivity index is 1.26. The lowest BCUT2D eigenvalue weighted by atomic mass is 10.0. The van der Waals surface area contributed by atoms with Crippen molar-refractivity contribution < 1.29 is 15.0 Å². The van der Waals surface area contributed by atoms with Crippen LogP contribution in [-0.4, -0.2) is 81.4 Å². The molecule has 0 unspecified atom stereocenters. The van der Waals surface area contributed by atoms with E-state index >= 15 is 0 Å². The second kappa shape index (κ2) is 12.1. The van der Waals surface area contributed by atoms with Crippen LogP contribution in [0.2, 0.25) is 0 Å². The predicted octanol–water partition coefficient (Wildman–Crippen LogP) is 1.16. The minimum Gasteiger partial charge on any atom is -0.507 e. The SMILES string of the molecule is N[C@@H]1C[C@H](N)CN(c2nc(Nc3ccc(NC(=O)c4c(O)ccc5ccccc45)c(O)c3)nc(N3C[C@H](N)C[C@H](N)C3)n2)C1. The maximum atomic E-state index is 13.2. The number of benzene rings is 3. The van der Waals surface area contributed by atoms with Crippen LogP contribution >= 0.6 is 0 Å². The van der Waals surface area contributed by atoms with Gasteiger partial charge in [0.25, 0.3) is 5.91 Å². The fourth-order valence-corrected chi connectivity index (χ4v) is 5.90. The van der Waals surface area contributed by atoms with Crippen LogP contribution in [0.5, 0.6) is 11.5 Å². The highest BCUT2D eigenvalue weighted by Crippen LogP contribution is 2.32. The zero-order valence-corrected chi connectivity index (χ0v) is 24.1. The number of rotatable bonds is 6. The van der Waals surface area contributed by atoms with E-state index in [-0.39, 0.29) is 52.9 Å². The molecule has 0 aliphatic carbocycles. The van der Waals surface area contributed by atoms with Crippen LogP contribution in [0.4, 0.5) is 29.2 Å². The molecule has 1 amide bonds. The van der Waals surface area contributed by atoms with Crippen LogP contribution in [0, 0.1) is 0 Å². The normalized spacial score (nSPS) is 22.2. The molecule has 2 fully saturated rings. The third kappa shape index (κ3) is 6.28. The van der Waals surface area contributed by atoms with E-state index in [1.165, 1.54) is 12.1 Å². The Morgan fingerprint density at radius 1 is 0.750 bits per heavy atom. The van der Waals surface area contributed by atoms with Crippen LogP contribution in [0.25, 0.3) is 10.8 Å². The molecule has 3 heterocycles. The molecule has 0 radical (unpaired) electrons. The highest BCUT2D eigenvalue weighted by Gasteiger charge is 2.29. The maximum absolute atomic E-state index is 13.2. The van der Waals surface area contributed by atoms with Gasteiger partial charge in [-0.15, -0.1) is 0 Å². The van der Waals surface area contributed by atoms with Crippen LogP contribution in [0.15, 0.2) is 54.6 Å². The summed E-state index contributed by atoms with van der Waals surface area (Å²) >= 11 is 0. The average molecular weight is 600 g/mol. The summed E-state index contributed by atoms with van der Waals surface area (Å²) in [7, 11) is 0. The van der Waals surface area contributed by atoms with E-state index in [1.54, 1.807) is 30.3 Å². The van der Waals surface area contributed by atoms with Crippen molar-refractivity contribution in [2.75, 3.05) is 46.6 Å². The molecule has 230 valence electrons. The lowest BCUT2D eigenvalue weighted by Gasteiger charge is -2.37. The van der Waals surface area contributed by atoms with Crippen molar-refractivity contribution >= 4 is 45.9 Å². The topological polar surface area (TPSA) is 231 Å². The van der Waals surface area contributed by atoms with Gasteiger partial charge in [0.15, 0.2) is 0 Å². The first-order valence-electron chi connectivity index (χ1n) is 14.5. The molecule has 12 N–H and O–H groups in total.